The Morgan fingerprint density at radius 1 is 1.26 bits per heavy atom. The summed E-state index contributed by atoms with van der Waals surface area (Å²) in [7, 11) is 0. The summed E-state index contributed by atoms with van der Waals surface area (Å²) < 4.78 is 37.7. The lowest BCUT2D eigenvalue weighted by Gasteiger charge is -2.32. The predicted octanol–water partition coefficient (Wildman–Crippen LogP) is 3.88. The molecule has 0 spiro atoms. The lowest BCUT2D eigenvalue weighted by Crippen LogP contribution is -2.47. The molecule has 2 aromatic rings. The predicted molar refractivity (Wildman–Crippen MR) is 99.6 cm³/mol. The van der Waals surface area contributed by atoms with Crippen molar-refractivity contribution in [2.75, 3.05) is 26.3 Å². The van der Waals surface area contributed by atoms with Crippen molar-refractivity contribution in [3.05, 3.63) is 71.6 Å². The first-order valence-corrected chi connectivity index (χ1v) is 9.36. The summed E-state index contributed by atoms with van der Waals surface area (Å²) in [6.07, 6.45) is 1.12. The fraction of sp³-hybridized carbons (Fsp3) is 0.250. The van der Waals surface area contributed by atoms with Crippen LogP contribution in [0.2, 0.25) is 0 Å². The molecule has 0 radical (unpaired) electrons. The van der Waals surface area contributed by atoms with Crippen LogP contribution in [-0.4, -0.2) is 43.2 Å². The minimum atomic E-state index is -0.638. The maximum Gasteiger partial charge on any atom is 0.247 e. The standard InChI is InChI=1S/C20H19F2NO3S/c21-15-6-7-18(22)19(12-15)26-14-16-13-23(9-10-25-16)20(24)8-11-27-17-4-2-1-3-5-17/h1-8,11-12,16H,9-10,13-14H2. The summed E-state index contributed by atoms with van der Waals surface area (Å²) in [4.78, 5) is 15.0. The van der Waals surface area contributed by atoms with E-state index in [-0.39, 0.29) is 18.3 Å². The molecular formula is C20H19F2NO3S. The third-order valence-electron chi connectivity index (χ3n) is 3.93. The zero-order chi connectivity index (χ0) is 19.1. The van der Waals surface area contributed by atoms with Crippen LogP contribution in [0.4, 0.5) is 8.78 Å². The molecule has 4 nitrogen and oxygen atoms in total. The van der Waals surface area contributed by atoms with E-state index in [1.165, 1.54) is 17.8 Å². The van der Waals surface area contributed by atoms with Crippen molar-refractivity contribution in [1.82, 2.24) is 4.90 Å². The molecule has 0 N–H and O–H groups in total. The van der Waals surface area contributed by atoms with Crippen LogP contribution >= 0.6 is 11.8 Å². The second kappa shape index (κ2) is 9.53. The molecule has 1 amide bonds. The van der Waals surface area contributed by atoms with E-state index in [0.717, 1.165) is 23.1 Å². The SMILES string of the molecule is O=C(C=CSc1ccccc1)N1CCOC(COc2cc(F)ccc2F)C1. The van der Waals surface area contributed by atoms with Crippen LogP contribution in [0.1, 0.15) is 0 Å². The molecule has 27 heavy (non-hydrogen) atoms. The number of nitrogens with zero attached hydrogens (tertiary/aromatic N) is 1. The van der Waals surface area contributed by atoms with E-state index < -0.39 is 17.7 Å². The number of carbonyl (C=O) groups excluding carboxylic acids is 1. The Hall–Kier alpha value is -2.38. The molecule has 2 aromatic carbocycles. The third kappa shape index (κ3) is 5.80. The van der Waals surface area contributed by atoms with Gasteiger partial charge < -0.3 is 14.4 Å². The topological polar surface area (TPSA) is 38.8 Å². The van der Waals surface area contributed by atoms with Crippen molar-refractivity contribution in [3.8, 4) is 5.75 Å². The molecule has 0 saturated carbocycles. The molecule has 1 aliphatic rings. The van der Waals surface area contributed by atoms with Gasteiger partial charge in [-0.3, -0.25) is 4.79 Å². The van der Waals surface area contributed by atoms with E-state index >= 15 is 0 Å². The highest BCUT2D eigenvalue weighted by molar-refractivity contribution is 8.02. The summed E-state index contributed by atoms with van der Waals surface area (Å²) in [6.45, 7) is 1.21. The van der Waals surface area contributed by atoms with Crippen LogP contribution in [0.15, 0.2) is 64.9 Å². The largest absolute Gasteiger partial charge is 0.488 e. The van der Waals surface area contributed by atoms with Crippen LogP contribution in [0, 0.1) is 11.6 Å². The van der Waals surface area contributed by atoms with Crippen LogP contribution in [0.25, 0.3) is 0 Å². The average Bonchev–Trinajstić information content (AvgIpc) is 2.69. The van der Waals surface area contributed by atoms with E-state index in [1.54, 1.807) is 10.3 Å². The fourth-order valence-corrected chi connectivity index (χ4v) is 3.22. The highest BCUT2D eigenvalue weighted by Crippen LogP contribution is 2.20. The lowest BCUT2D eigenvalue weighted by atomic mass is 10.2. The van der Waals surface area contributed by atoms with E-state index in [2.05, 4.69) is 0 Å². The van der Waals surface area contributed by atoms with Gasteiger partial charge in [0.1, 0.15) is 18.5 Å². The van der Waals surface area contributed by atoms with E-state index in [0.29, 0.717) is 19.7 Å². The second-order valence-corrected chi connectivity index (χ2v) is 6.88. The molecule has 0 aromatic heterocycles. The molecule has 1 atom stereocenters. The Bertz CT molecular complexity index is 801. The average molecular weight is 391 g/mol. The Morgan fingerprint density at radius 2 is 2.07 bits per heavy atom. The molecule has 1 heterocycles. The smallest absolute Gasteiger partial charge is 0.247 e. The molecule has 0 bridgehead atoms. The monoisotopic (exact) mass is 391 g/mol. The Morgan fingerprint density at radius 3 is 2.89 bits per heavy atom. The van der Waals surface area contributed by atoms with E-state index in [4.69, 9.17) is 9.47 Å². The summed E-state index contributed by atoms with van der Waals surface area (Å²) in [5, 5.41) is 1.75. The number of benzene rings is 2. The number of thioether (sulfide) groups is 1. The second-order valence-electron chi connectivity index (χ2n) is 5.90. The normalized spacial score (nSPS) is 17.3. The van der Waals surface area contributed by atoms with Crippen molar-refractivity contribution < 1.29 is 23.0 Å². The maximum atomic E-state index is 13.6. The minimum absolute atomic E-state index is 0.0344. The molecular weight excluding hydrogens is 372 g/mol. The number of hydrogen-bond donors (Lipinski definition) is 0. The molecule has 1 fully saturated rings. The van der Waals surface area contributed by atoms with Gasteiger partial charge in [0.2, 0.25) is 5.91 Å². The van der Waals surface area contributed by atoms with Gasteiger partial charge in [-0.05, 0) is 29.7 Å². The molecule has 0 aliphatic carbocycles. The highest BCUT2D eigenvalue weighted by Gasteiger charge is 2.24. The first-order chi connectivity index (χ1) is 13.1. The van der Waals surface area contributed by atoms with Crippen LogP contribution in [0.5, 0.6) is 5.75 Å². The number of halogens is 2. The molecule has 1 aliphatic heterocycles. The summed E-state index contributed by atoms with van der Waals surface area (Å²) in [6, 6.07) is 12.8. The van der Waals surface area contributed by atoms with Crippen LogP contribution < -0.4 is 4.74 Å². The van der Waals surface area contributed by atoms with Crippen molar-refractivity contribution in [2.45, 2.75) is 11.0 Å². The summed E-state index contributed by atoms with van der Waals surface area (Å²) >= 11 is 1.46. The quantitative estimate of drug-likeness (QED) is 0.553. The van der Waals surface area contributed by atoms with Gasteiger partial charge in [-0.1, -0.05) is 30.0 Å². The van der Waals surface area contributed by atoms with Gasteiger partial charge in [-0.25, -0.2) is 8.78 Å². The molecule has 3 rings (SSSR count). The van der Waals surface area contributed by atoms with Crippen LogP contribution in [-0.2, 0) is 9.53 Å². The molecule has 1 unspecified atom stereocenters. The maximum absolute atomic E-state index is 13.6. The first-order valence-electron chi connectivity index (χ1n) is 8.48. The molecule has 1 saturated heterocycles. The lowest BCUT2D eigenvalue weighted by molar-refractivity contribution is -0.134. The molecule has 7 heteroatoms. The molecule has 142 valence electrons. The zero-order valence-corrected chi connectivity index (χ0v) is 15.3. The van der Waals surface area contributed by atoms with Gasteiger partial charge >= 0.3 is 0 Å². The van der Waals surface area contributed by atoms with Gasteiger partial charge in [0.15, 0.2) is 11.6 Å². The van der Waals surface area contributed by atoms with Gasteiger partial charge in [0.05, 0.1) is 13.2 Å². The van der Waals surface area contributed by atoms with Crippen molar-refractivity contribution >= 4 is 17.7 Å². The number of morpholine rings is 1. The number of hydrogen-bond acceptors (Lipinski definition) is 4. The Labute approximate surface area is 160 Å². The van der Waals surface area contributed by atoms with Gasteiger partial charge in [0, 0.05) is 23.6 Å². The Balaban J connectivity index is 1.49. The first kappa shape index (κ1) is 19.4. The zero-order valence-electron chi connectivity index (χ0n) is 14.5. The summed E-state index contributed by atoms with van der Waals surface area (Å²) in [5.74, 6) is -1.50. The van der Waals surface area contributed by atoms with E-state index in [9.17, 15) is 13.6 Å². The van der Waals surface area contributed by atoms with Crippen molar-refractivity contribution in [1.29, 1.82) is 0 Å². The van der Waals surface area contributed by atoms with Gasteiger partial charge in [-0.2, -0.15) is 0 Å². The number of carbonyl (C=O) groups is 1. The van der Waals surface area contributed by atoms with Crippen LogP contribution in [0.3, 0.4) is 0 Å². The van der Waals surface area contributed by atoms with Crippen molar-refractivity contribution in [2.24, 2.45) is 0 Å². The van der Waals surface area contributed by atoms with E-state index in [1.807, 2.05) is 30.3 Å². The van der Waals surface area contributed by atoms with Gasteiger partial charge in [0.25, 0.3) is 0 Å². The van der Waals surface area contributed by atoms with Crippen molar-refractivity contribution in [3.63, 3.8) is 0 Å². The summed E-state index contributed by atoms with van der Waals surface area (Å²) in [5.41, 5.74) is 0. The highest BCUT2D eigenvalue weighted by atomic mass is 32.2. The number of ether oxygens (including phenoxy) is 2. The number of rotatable bonds is 6. The van der Waals surface area contributed by atoms with Gasteiger partial charge in [-0.15, -0.1) is 0 Å². The Kier molecular flexibility index (Phi) is 6.84. The fourth-order valence-electron chi connectivity index (χ4n) is 2.57. The third-order valence-corrected chi connectivity index (χ3v) is 4.74. The number of amides is 1. The minimum Gasteiger partial charge on any atom is -0.488 e.